The smallest absolute Gasteiger partial charge is 0.120 e. The van der Waals surface area contributed by atoms with E-state index in [1.165, 1.54) is 0 Å². The quantitative estimate of drug-likeness (QED) is 0.755. The fourth-order valence-electron chi connectivity index (χ4n) is 2.17. The van der Waals surface area contributed by atoms with Gasteiger partial charge in [-0.3, -0.25) is 4.90 Å². The maximum atomic E-state index is 9.85. The fourth-order valence-corrected chi connectivity index (χ4v) is 2.17. The van der Waals surface area contributed by atoms with Crippen molar-refractivity contribution in [1.29, 1.82) is 0 Å². The summed E-state index contributed by atoms with van der Waals surface area (Å²) < 4.78 is 0. The van der Waals surface area contributed by atoms with Gasteiger partial charge in [-0.25, -0.2) is 0 Å². The molecular formula is C13H18N2O. The molecule has 0 unspecified atom stereocenters. The molecule has 1 aromatic carbocycles. The summed E-state index contributed by atoms with van der Waals surface area (Å²) in [5, 5.41) is 13.2. The van der Waals surface area contributed by atoms with Crippen LogP contribution in [0.25, 0.3) is 0 Å². The predicted molar refractivity (Wildman–Crippen MR) is 65.5 cm³/mol. The Morgan fingerprint density at radius 1 is 1.31 bits per heavy atom. The van der Waals surface area contributed by atoms with Crippen molar-refractivity contribution in [2.75, 3.05) is 26.2 Å². The van der Waals surface area contributed by atoms with E-state index < -0.39 is 0 Å². The molecule has 1 aliphatic rings. The predicted octanol–water partition coefficient (Wildman–Crippen LogP) is 1.52. The highest BCUT2D eigenvalue weighted by atomic mass is 16.3. The number of benzene rings is 1. The molecule has 1 atom stereocenters. The third-order valence-corrected chi connectivity index (χ3v) is 3.02. The van der Waals surface area contributed by atoms with Crippen LogP contribution in [-0.4, -0.2) is 36.2 Å². The Morgan fingerprint density at radius 3 is 2.62 bits per heavy atom. The zero-order valence-corrected chi connectivity index (χ0v) is 9.39. The summed E-state index contributed by atoms with van der Waals surface area (Å²) in [6.07, 6.45) is 1.90. The second-order valence-electron chi connectivity index (χ2n) is 4.03. The Hall–Kier alpha value is -1.32. The normalized spacial score (nSPS) is 19.2. The maximum Gasteiger partial charge on any atom is 0.120 e. The highest BCUT2D eigenvalue weighted by Gasteiger charge is 2.21. The van der Waals surface area contributed by atoms with Crippen molar-refractivity contribution < 1.29 is 5.11 Å². The lowest BCUT2D eigenvalue weighted by atomic mass is 10.0. The van der Waals surface area contributed by atoms with Gasteiger partial charge in [0.2, 0.25) is 0 Å². The lowest BCUT2D eigenvalue weighted by Crippen LogP contribution is -2.44. The molecule has 2 rings (SSSR count). The standard InChI is InChI=1S/C13H18N2O/c1-2-12(15-9-7-14-8-10-15)11-5-3-4-6-13(11)16/h2-6,12,14,16H,1,7-10H2/t12-/m0/s1. The lowest BCUT2D eigenvalue weighted by molar-refractivity contribution is 0.201. The first kappa shape index (κ1) is 11.2. The van der Waals surface area contributed by atoms with E-state index in [9.17, 15) is 5.11 Å². The Labute approximate surface area is 96.4 Å². The molecule has 3 nitrogen and oxygen atoms in total. The molecule has 1 heterocycles. The first-order valence-corrected chi connectivity index (χ1v) is 5.68. The van der Waals surface area contributed by atoms with Crippen LogP contribution in [0.4, 0.5) is 0 Å². The van der Waals surface area contributed by atoms with Crippen LogP contribution in [-0.2, 0) is 0 Å². The largest absolute Gasteiger partial charge is 0.508 e. The summed E-state index contributed by atoms with van der Waals surface area (Å²) in [6.45, 7) is 7.86. The molecule has 1 aromatic rings. The highest BCUT2D eigenvalue weighted by molar-refractivity contribution is 5.36. The average molecular weight is 218 g/mol. The van der Waals surface area contributed by atoms with E-state index in [0.29, 0.717) is 5.75 Å². The van der Waals surface area contributed by atoms with Crippen molar-refractivity contribution in [3.63, 3.8) is 0 Å². The number of hydrogen-bond donors (Lipinski definition) is 2. The second-order valence-corrected chi connectivity index (χ2v) is 4.03. The van der Waals surface area contributed by atoms with Crippen molar-refractivity contribution in [3.8, 4) is 5.75 Å². The van der Waals surface area contributed by atoms with Gasteiger partial charge < -0.3 is 10.4 Å². The third kappa shape index (κ3) is 2.26. The van der Waals surface area contributed by atoms with Crippen LogP contribution < -0.4 is 5.32 Å². The topological polar surface area (TPSA) is 35.5 Å². The molecule has 0 spiro atoms. The van der Waals surface area contributed by atoms with E-state index in [2.05, 4.69) is 16.8 Å². The Bertz CT molecular complexity index is 359. The molecule has 0 amide bonds. The summed E-state index contributed by atoms with van der Waals surface area (Å²) in [4.78, 5) is 2.33. The molecule has 16 heavy (non-hydrogen) atoms. The van der Waals surface area contributed by atoms with Gasteiger partial charge in [0, 0.05) is 31.7 Å². The van der Waals surface area contributed by atoms with Crippen molar-refractivity contribution in [2.24, 2.45) is 0 Å². The molecule has 1 aliphatic heterocycles. The highest BCUT2D eigenvalue weighted by Crippen LogP contribution is 2.29. The molecule has 86 valence electrons. The molecule has 3 heteroatoms. The molecule has 0 bridgehead atoms. The van der Waals surface area contributed by atoms with Crippen molar-refractivity contribution in [3.05, 3.63) is 42.5 Å². The van der Waals surface area contributed by atoms with Crippen LogP contribution in [0, 0.1) is 0 Å². The zero-order valence-electron chi connectivity index (χ0n) is 9.39. The molecule has 2 N–H and O–H groups in total. The van der Waals surface area contributed by atoms with E-state index >= 15 is 0 Å². The van der Waals surface area contributed by atoms with E-state index in [4.69, 9.17) is 0 Å². The van der Waals surface area contributed by atoms with Gasteiger partial charge in [-0.15, -0.1) is 6.58 Å². The van der Waals surface area contributed by atoms with Gasteiger partial charge in [-0.2, -0.15) is 0 Å². The third-order valence-electron chi connectivity index (χ3n) is 3.02. The number of piperazine rings is 1. The average Bonchev–Trinajstić information content (AvgIpc) is 2.34. The lowest BCUT2D eigenvalue weighted by Gasteiger charge is -2.33. The summed E-state index contributed by atoms with van der Waals surface area (Å²) >= 11 is 0. The number of nitrogens with one attached hydrogen (secondary N) is 1. The fraction of sp³-hybridized carbons (Fsp3) is 0.385. The Morgan fingerprint density at radius 2 is 2.00 bits per heavy atom. The number of para-hydroxylation sites is 1. The first-order chi connectivity index (χ1) is 7.83. The SMILES string of the molecule is C=C[C@@H](c1ccccc1O)N1CCNCC1. The van der Waals surface area contributed by atoms with Crippen LogP contribution >= 0.6 is 0 Å². The molecule has 0 saturated carbocycles. The van der Waals surface area contributed by atoms with Crippen molar-refractivity contribution >= 4 is 0 Å². The van der Waals surface area contributed by atoms with Crippen LogP contribution in [0.15, 0.2) is 36.9 Å². The van der Waals surface area contributed by atoms with E-state index in [1.54, 1.807) is 6.07 Å². The maximum absolute atomic E-state index is 9.85. The van der Waals surface area contributed by atoms with E-state index in [-0.39, 0.29) is 6.04 Å². The first-order valence-electron chi connectivity index (χ1n) is 5.68. The van der Waals surface area contributed by atoms with Crippen LogP contribution in [0.5, 0.6) is 5.75 Å². The molecule has 1 saturated heterocycles. The van der Waals surface area contributed by atoms with Crippen LogP contribution in [0.1, 0.15) is 11.6 Å². The molecule has 0 radical (unpaired) electrons. The summed E-state index contributed by atoms with van der Waals surface area (Å²) in [5.74, 6) is 0.353. The summed E-state index contributed by atoms with van der Waals surface area (Å²) in [5.41, 5.74) is 0.944. The summed E-state index contributed by atoms with van der Waals surface area (Å²) in [6, 6.07) is 7.60. The van der Waals surface area contributed by atoms with Gasteiger partial charge in [-0.1, -0.05) is 24.3 Å². The minimum Gasteiger partial charge on any atom is -0.508 e. The Balaban J connectivity index is 2.21. The van der Waals surface area contributed by atoms with Crippen molar-refractivity contribution in [1.82, 2.24) is 10.2 Å². The number of nitrogens with zero attached hydrogens (tertiary/aromatic N) is 1. The second kappa shape index (κ2) is 5.14. The molecule has 0 aliphatic carbocycles. The number of phenols is 1. The molecular weight excluding hydrogens is 200 g/mol. The summed E-state index contributed by atoms with van der Waals surface area (Å²) in [7, 11) is 0. The number of aromatic hydroxyl groups is 1. The monoisotopic (exact) mass is 218 g/mol. The van der Waals surface area contributed by atoms with Gasteiger partial charge in [0.05, 0.1) is 6.04 Å². The minimum atomic E-state index is 0.114. The van der Waals surface area contributed by atoms with Gasteiger partial charge in [0.1, 0.15) is 5.75 Å². The molecule has 1 fully saturated rings. The number of phenolic OH excluding ortho intramolecular Hbond substituents is 1. The van der Waals surface area contributed by atoms with Crippen molar-refractivity contribution in [2.45, 2.75) is 6.04 Å². The van der Waals surface area contributed by atoms with Crippen LogP contribution in [0.3, 0.4) is 0 Å². The van der Waals surface area contributed by atoms with Gasteiger partial charge >= 0.3 is 0 Å². The van der Waals surface area contributed by atoms with E-state index in [1.807, 2.05) is 24.3 Å². The number of rotatable bonds is 3. The van der Waals surface area contributed by atoms with Crippen LogP contribution in [0.2, 0.25) is 0 Å². The molecule has 0 aromatic heterocycles. The minimum absolute atomic E-state index is 0.114. The zero-order chi connectivity index (χ0) is 11.4. The number of hydrogen-bond acceptors (Lipinski definition) is 3. The Kier molecular flexibility index (Phi) is 3.59. The van der Waals surface area contributed by atoms with Gasteiger partial charge in [0.15, 0.2) is 0 Å². The van der Waals surface area contributed by atoms with Gasteiger partial charge in [0.25, 0.3) is 0 Å². The van der Waals surface area contributed by atoms with Gasteiger partial charge in [-0.05, 0) is 6.07 Å². The van der Waals surface area contributed by atoms with E-state index in [0.717, 1.165) is 31.7 Å².